The SMILES string of the molecule is COc1ccc(CCC(=O)NC(CCO)C(C)C)cc1F. The number of nitrogens with one attached hydrogen (secondary N) is 1. The number of hydrogen-bond acceptors (Lipinski definition) is 3. The van der Waals surface area contributed by atoms with E-state index in [1.165, 1.54) is 13.2 Å². The highest BCUT2D eigenvalue weighted by Crippen LogP contribution is 2.18. The van der Waals surface area contributed by atoms with Crippen molar-refractivity contribution in [2.24, 2.45) is 5.92 Å². The van der Waals surface area contributed by atoms with Crippen LogP contribution in [0.3, 0.4) is 0 Å². The average molecular weight is 297 g/mol. The standard InChI is InChI=1S/C16H24FNO3/c1-11(2)14(8-9-19)18-16(20)7-5-12-4-6-15(21-3)13(17)10-12/h4,6,10-11,14,19H,5,7-9H2,1-3H3,(H,18,20). The molecule has 1 unspecified atom stereocenters. The minimum Gasteiger partial charge on any atom is -0.494 e. The molecule has 1 aromatic carbocycles. The zero-order valence-electron chi connectivity index (χ0n) is 12.9. The number of ether oxygens (including phenoxy) is 1. The van der Waals surface area contributed by atoms with Crippen LogP contribution in [0.2, 0.25) is 0 Å². The normalized spacial score (nSPS) is 12.3. The molecule has 1 rings (SSSR count). The lowest BCUT2D eigenvalue weighted by Gasteiger charge is -2.21. The molecule has 21 heavy (non-hydrogen) atoms. The first-order valence-electron chi connectivity index (χ1n) is 7.20. The van der Waals surface area contributed by atoms with Crippen molar-refractivity contribution < 1.29 is 19.0 Å². The number of carbonyl (C=O) groups is 1. The lowest BCUT2D eigenvalue weighted by atomic mass is 10.0. The van der Waals surface area contributed by atoms with Crippen LogP contribution in [-0.4, -0.2) is 30.8 Å². The first-order chi connectivity index (χ1) is 9.97. The highest BCUT2D eigenvalue weighted by atomic mass is 19.1. The Morgan fingerprint density at radius 1 is 1.43 bits per heavy atom. The number of carbonyl (C=O) groups excluding carboxylic acids is 1. The van der Waals surface area contributed by atoms with Crippen LogP contribution in [0, 0.1) is 11.7 Å². The Labute approximate surface area is 125 Å². The molecule has 0 saturated carbocycles. The van der Waals surface area contributed by atoms with Gasteiger partial charge < -0.3 is 15.2 Å². The van der Waals surface area contributed by atoms with Crippen molar-refractivity contribution in [1.29, 1.82) is 0 Å². The zero-order valence-corrected chi connectivity index (χ0v) is 12.9. The van der Waals surface area contributed by atoms with Crippen molar-refractivity contribution in [1.82, 2.24) is 5.32 Å². The second-order valence-electron chi connectivity index (χ2n) is 5.40. The number of benzene rings is 1. The molecule has 0 aromatic heterocycles. The maximum Gasteiger partial charge on any atom is 0.220 e. The molecule has 0 radical (unpaired) electrons. The van der Waals surface area contributed by atoms with E-state index < -0.39 is 5.82 Å². The van der Waals surface area contributed by atoms with Gasteiger partial charge in [0, 0.05) is 19.1 Å². The molecule has 0 aliphatic rings. The summed E-state index contributed by atoms with van der Waals surface area (Å²) in [5.41, 5.74) is 0.756. The van der Waals surface area contributed by atoms with Gasteiger partial charge in [-0.2, -0.15) is 0 Å². The van der Waals surface area contributed by atoms with Gasteiger partial charge in [-0.3, -0.25) is 4.79 Å². The van der Waals surface area contributed by atoms with Crippen molar-refractivity contribution in [3.8, 4) is 5.75 Å². The van der Waals surface area contributed by atoms with Crippen LogP contribution in [0.4, 0.5) is 4.39 Å². The first kappa shape index (κ1) is 17.4. The summed E-state index contributed by atoms with van der Waals surface area (Å²) in [6.45, 7) is 4.05. The van der Waals surface area contributed by atoms with Gasteiger partial charge in [0.2, 0.25) is 5.91 Å². The van der Waals surface area contributed by atoms with Gasteiger partial charge in [-0.1, -0.05) is 19.9 Å². The molecule has 0 fully saturated rings. The van der Waals surface area contributed by atoms with Gasteiger partial charge in [0.15, 0.2) is 11.6 Å². The number of methoxy groups -OCH3 is 1. The fourth-order valence-corrected chi connectivity index (χ4v) is 2.11. The Balaban J connectivity index is 2.50. The van der Waals surface area contributed by atoms with Gasteiger partial charge in [0.05, 0.1) is 7.11 Å². The largest absolute Gasteiger partial charge is 0.494 e. The Kier molecular flexibility index (Phi) is 7.15. The van der Waals surface area contributed by atoms with E-state index in [4.69, 9.17) is 9.84 Å². The summed E-state index contributed by atoms with van der Waals surface area (Å²) in [5.74, 6) is -0.0420. The van der Waals surface area contributed by atoms with Crippen LogP contribution in [-0.2, 0) is 11.2 Å². The predicted octanol–water partition coefficient (Wildman–Crippen LogP) is 2.29. The highest BCUT2D eigenvalue weighted by molar-refractivity contribution is 5.76. The molecular weight excluding hydrogens is 273 g/mol. The summed E-state index contributed by atoms with van der Waals surface area (Å²) in [4.78, 5) is 11.9. The van der Waals surface area contributed by atoms with Gasteiger partial charge in [-0.25, -0.2) is 4.39 Å². The minimum absolute atomic E-state index is 0.0323. The van der Waals surface area contributed by atoms with Crippen LogP contribution in [0.1, 0.15) is 32.3 Å². The van der Waals surface area contributed by atoms with E-state index in [1.807, 2.05) is 13.8 Å². The van der Waals surface area contributed by atoms with E-state index in [9.17, 15) is 9.18 Å². The summed E-state index contributed by atoms with van der Waals surface area (Å²) < 4.78 is 18.4. The Bertz CT molecular complexity index is 463. The van der Waals surface area contributed by atoms with Crippen molar-refractivity contribution in [2.45, 2.75) is 39.2 Å². The molecule has 0 aliphatic heterocycles. The summed E-state index contributed by atoms with van der Waals surface area (Å²) >= 11 is 0. The molecule has 2 N–H and O–H groups in total. The molecule has 118 valence electrons. The van der Waals surface area contributed by atoms with Crippen LogP contribution in [0.15, 0.2) is 18.2 Å². The third-order valence-corrected chi connectivity index (χ3v) is 3.45. The van der Waals surface area contributed by atoms with Crippen LogP contribution < -0.4 is 10.1 Å². The molecule has 0 saturated heterocycles. The maximum atomic E-state index is 13.5. The molecular formula is C16H24FNO3. The Morgan fingerprint density at radius 3 is 2.67 bits per heavy atom. The Hall–Kier alpha value is -1.62. The number of rotatable bonds is 8. The third-order valence-electron chi connectivity index (χ3n) is 3.45. The van der Waals surface area contributed by atoms with Crippen molar-refractivity contribution in [2.75, 3.05) is 13.7 Å². The molecule has 1 aromatic rings. The van der Waals surface area contributed by atoms with Crippen molar-refractivity contribution in [3.05, 3.63) is 29.6 Å². The fourth-order valence-electron chi connectivity index (χ4n) is 2.11. The monoisotopic (exact) mass is 297 g/mol. The van der Waals surface area contributed by atoms with E-state index in [0.717, 1.165) is 5.56 Å². The van der Waals surface area contributed by atoms with Crippen molar-refractivity contribution >= 4 is 5.91 Å². The van der Waals surface area contributed by atoms with Crippen LogP contribution >= 0.6 is 0 Å². The topological polar surface area (TPSA) is 58.6 Å². The first-order valence-corrected chi connectivity index (χ1v) is 7.20. The van der Waals surface area contributed by atoms with Gasteiger partial charge in [0.1, 0.15) is 0 Å². The number of amides is 1. The average Bonchev–Trinajstić information content (AvgIpc) is 2.44. The second kappa shape index (κ2) is 8.62. The summed E-state index contributed by atoms with van der Waals surface area (Å²) in [5, 5.41) is 11.9. The molecule has 0 bridgehead atoms. The second-order valence-corrected chi connectivity index (χ2v) is 5.40. The maximum absolute atomic E-state index is 13.5. The van der Waals surface area contributed by atoms with Gasteiger partial charge in [-0.05, 0) is 36.5 Å². The number of aryl methyl sites for hydroxylation is 1. The summed E-state index contributed by atoms with van der Waals surface area (Å²) in [6.07, 6.45) is 1.30. The van der Waals surface area contributed by atoms with E-state index in [-0.39, 0.29) is 30.2 Å². The van der Waals surface area contributed by atoms with Crippen LogP contribution in [0.25, 0.3) is 0 Å². The molecule has 5 heteroatoms. The minimum atomic E-state index is -0.421. The van der Waals surface area contributed by atoms with E-state index in [1.54, 1.807) is 12.1 Å². The molecule has 0 aliphatic carbocycles. The molecule has 1 atom stereocenters. The smallest absolute Gasteiger partial charge is 0.220 e. The molecule has 0 heterocycles. The van der Waals surface area contributed by atoms with Gasteiger partial charge in [-0.15, -0.1) is 0 Å². The van der Waals surface area contributed by atoms with E-state index >= 15 is 0 Å². The lowest BCUT2D eigenvalue weighted by Crippen LogP contribution is -2.39. The number of halogens is 1. The van der Waals surface area contributed by atoms with Gasteiger partial charge in [0.25, 0.3) is 0 Å². The quantitative estimate of drug-likeness (QED) is 0.774. The molecule has 4 nitrogen and oxygen atoms in total. The van der Waals surface area contributed by atoms with Crippen molar-refractivity contribution in [3.63, 3.8) is 0 Å². The fraction of sp³-hybridized carbons (Fsp3) is 0.562. The number of aliphatic hydroxyl groups is 1. The van der Waals surface area contributed by atoms with E-state index in [2.05, 4.69) is 5.32 Å². The number of aliphatic hydroxyl groups excluding tert-OH is 1. The predicted molar refractivity (Wildman–Crippen MR) is 79.7 cm³/mol. The third kappa shape index (κ3) is 5.71. The zero-order chi connectivity index (χ0) is 15.8. The highest BCUT2D eigenvalue weighted by Gasteiger charge is 2.15. The Morgan fingerprint density at radius 2 is 2.14 bits per heavy atom. The van der Waals surface area contributed by atoms with E-state index in [0.29, 0.717) is 19.3 Å². The molecule has 1 amide bonds. The summed E-state index contributed by atoms with van der Waals surface area (Å²) in [7, 11) is 1.42. The summed E-state index contributed by atoms with van der Waals surface area (Å²) in [6, 6.07) is 4.67. The van der Waals surface area contributed by atoms with Gasteiger partial charge >= 0.3 is 0 Å². The lowest BCUT2D eigenvalue weighted by molar-refractivity contribution is -0.122. The number of hydrogen-bond donors (Lipinski definition) is 2. The molecule has 0 spiro atoms. The van der Waals surface area contributed by atoms with Crippen LogP contribution in [0.5, 0.6) is 5.75 Å².